The van der Waals surface area contributed by atoms with Crippen LogP contribution in [0.15, 0.2) is 42.6 Å². The minimum Gasteiger partial charge on any atom is -0.455 e. The Hall–Kier alpha value is -2.60. The molecule has 1 atom stereocenters. The maximum absolute atomic E-state index is 14.0. The van der Waals surface area contributed by atoms with Crippen molar-refractivity contribution in [1.29, 1.82) is 0 Å². The minimum absolute atomic E-state index is 0.0862. The zero-order valence-corrected chi connectivity index (χ0v) is 12.8. The number of benzene rings is 2. The summed E-state index contributed by atoms with van der Waals surface area (Å²) in [5.41, 5.74) is 0.128. The summed E-state index contributed by atoms with van der Waals surface area (Å²) in [6, 6.07) is 8.21. The lowest BCUT2D eigenvalue weighted by molar-refractivity contribution is 0.193. The average Bonchev–Trinajstić information content (AvgIpc) is 2.54. The summed E-state index contributed by atoms with van der Waals surface area (Å²) in [6.07, 6.45) is 0.584. The number of aromatic nitrogens is 1. The van der Waals surface area contributed by atoms with Crippen LogP contribution < -0.4 is 4.74 Å². The van der Waals surface area contributed by atoms with Gasteiger partial charge in [0.25, 0.3) is 0 Å². The van der Waals surface area contributed by atoms with Crippen LogP contribution in [0.1, 0.15) is 12.5 Å². The molecular weight excluding hydrogens is 319 g/mol. The fourth-order valence-electron chi connectivity index (χ4n) is 2.43. The molecule has 0 aliphatic heterocycles. The summed E-state index contributed by atoms with van der Waals surface area (Å²) >= 11 is 0. The quantitative estimate of drug-likeness (QED) is 0.771. The van der Waals surface area contributed by atoms with Gasteiger partial charge >= 0.3 is 0 Å². The van der Waals surface area contributed by atoms with E-state index in [1.165, 1.54) is 30.5 Å². The number of halogens is 3. The molecule has 1 aromatic heterocycles. The summed E-state index contributed by atoms with van der Waals surface area (Å²) < 4.78 is 46.5. The predicted octanol–water partition coefficient (Wildman–Crippen LogP) is 4.37. The standard InChI is InChI=1S/C18H14F3NO2/c1-10(23)7-13-14(19)3-2-4-16(13)24-12-8-11-5-6-15(20)17(21)18(11)22-9-12/h2-6,8-10,23H,7H2,1H3. The van der Waals surface area contributed by atoms with E-state index in [0.29, 0.717) is 5.39 Å². The van der Waals surface area contributed by atoms with Gasteiger partial charge in [-0.2, -0.15) is 0 Å². The molecule has 6 heteroatoms. The van der Waals surface area contributed by atoms with Crippen molar-refractivity contribution in [3.63, 3.8) is 0 Å². The zero-order chi connectivity index (χ0) is 17.3. The number of fused-ring (bicyclic) bond motifs is 1. The molecule has 2 aromatic carbocycles. The molecule has 0 aliphatic rings. The molecule has 0 bridgehead atoms. The first kappa shape index (κ1) is 16.3. The van der Waals surface area contributed by atoms with Gasteiger partial charge < -0.3 is 9.84 Å². The first-order chi connectivity index (χ1) is 11.5. The molecule has 0 saturated carbocycles. The SMILES string of the molecule is CC(O)Cc1c(F)cccc1Oc1cnc2c(F)c(F)ccc2c1. The molecule has 24 heavy (non-hydrogen) atoms. The van der Waals surface area contributed by atoms with Gasteiger partial charge in [0.15, 0.2) is 11.6 Å². The number of aliphatic hydroxyl groups excluding tert-OH is 1. The van der Waals surface area contributed by atoms with Crippen LogP contribution in [0, 0.1) is 17.5 Å². The fraction of sp³-hybridized carbons (Fsp3) is 0.167. The van der Waals surface area contributed by atoms with Gasteiger partial charge in [0.05, 0.1) is 12.3 Å². The first-order valence-corrected chi connectivity index (χ1v) is 7.33. The average molecular weight is 333 g/mol. The second kappa shape index (κ2) is 6.49. The van der Waals surface area contributed by atoms with E-state index in [9.17, 15) is 18.3 Å². The maximum Gasteiger partial charge on any atom is 0.184 e. The molecular formula is C18H14F3NO2. The van der Waals surface area contributed by atoms with Gasteiger partial charge in [-0.1, -0.05) is 6.07 Å². The van der Waals surface area contributed by atoms with Crippen molar-refractivity contribution in [1.82, 2.24) is 4.98 Å². The van der Waals surface area contributed by atoms with Crippen LogP contribution in [0.25, 0.3) is 10.9 Å². The van der Waals surface area contributed by atoms with Crippen molar-refractivity contribution < 1.29 is 23.0 Å². The molecule has 3 aromatic rings. The van der Waals surface area contributed by atoms with Gasteiger partial charge in [0, 0.05) is 17.4 Å². The summed E-state index contributed by atoms with van der Waals surface area (Å²) in [5.74, 6) is -2.01. The lowest BCUT2D eigenvalue weighted by Crippen LogP contribution is -2.07. The van der Waals surface area contributed by atoms with Crippen LogP contribution in [-0.2, 0) is 6.42 Å². The van der Waals surface area contributed by atoms with Gasteiger partial charge in [-0.25, -0.2) is 18.2 Å². The monoisotopic (exact) mass is 333 g/mol. The highest BCUT2D eigenvalue weighted by Crippen LogP contribution is 2.30. The maximum atomic E-state index is 14.0. The Bertz CT molecular complexity index is 897. The van der Waals surface area contributed by atoms with Crippen molar-refractivity contribution in [2.75, 3.05) is 0 Å². The van der Waals surface area contributed by atoms with Crippen LogP contribution in [-0.4, -0.2) is 16.2 Å². The van der Waals surface area contributed by atoms with E-state index in [1.807, 2.05) is 0 Å². The number of hydrogen-bond acceptors (Lipinski definition) is 3. The predicted molar refractivity (Wildman–Crippen MR) is 83.5 cm³/mol. The summed E-state index contributed by atoms with van der Waals surface area (Å²) in [7, 11) is 0. The molecule has 0 amide bonds. The second-order valence-electron chi connectivity index (χ2n) is 5.48. The molecule has 3 rings (SSSR count). The molecule has 124 valence electrons. The van der Waals surface area contributed by atoms with E-state index in [2.05, 4.69) is 4.98 Å². The molecule has 3 nitrogen and oxygen atoms in total. The highest BCUT2D eigenvalue weighted by molar-refractivity contribution is 5.80. The molecule has 0 aliphatic carbocycles. The third-order valence-corrected chi connectivity index (χ3v) is 3.52. The highest BCUT2D eigenvalue weighted by Gasteiger charge is 2.14. The van der Waals surface area contributed by atoms with Crippen molar-refractivity contribution in [2.45, 2.75) is 19.4 Å². The van der Waals surface area contributed by atoms with Gasteiger partial charge in [0.1, 0.15) is 22.8 Å². The molecule has 0 saturated heterocycles. The number of aliphatic hydroxyl groups is 1. The third-order valence-electron chi connectivity index (χ3n) is 3.52. The summed E-state index contributed by atoms with van der Waals surface area (Å²) in [6.45, 7) is 1.55. The molecule has 0 radical (unpaired) electrons. The Morgan fingerprint density at radius 3 is 2.67 bits per heavy atom. The molecule has 1 N–H and O–H groups in total. The smallest absolute Gasteiger partial charge is 0.184 e. The van der Waals surface area contributed by atoms with Gasteiger partial charge in [-0.15, -0.1) is 0 Å². The Morgan fingerprint density at radius 1 is 1.12 bits per heavy atom. The normalized spacial score (nSPS) is 12.4. The Labute approximate surface area is 136 Å². The van der Waals surface area contributed by atoms with Crippen molar-refractivity contribution in [3.8, 4) is 11.5 Å². The van der Waals surface area contributed by atoms with E-state index in [0.717, 1.165) is 6.07 Å². The van der Waals surface area contributed by atoms with Crippen molar-refractivity contribution >= 4 is 10.9 Å². The molecule has 0 fully saturated rings. The van der Waals surface area contributed by atoms with E-state index >= 15 is 0 Å². The van der Waals surface area contributed by atoms with Crippen LogP contribution in [0.3, 0.4) is 0 Å². The number of pyridine rings is 1. The van der Waals surface area contributed by atoms with Crippen LogP contribution in [0.4, 0.5) is 13.2 Å². The van der Waals surface area contributed by atoms with Gasteiger partial charge in [0.2, 0.25) is 0 Å². The number of hydrogen-bond donors (Lipinski definition) is 1. The van der Waals surface area contributed by atoms with E-state index in [4.69, 9.17) is 4.74 Å². The Kier molecular flexibility index (Phi) is 4.40. The topological polar surface area (TPSA) is 42.4 Å². The summed E-state index contributed by atoms with van der Waals surface area (Å²) in [5, 5.41) is 9.87. The van der Waals surface area contributed by atoms with Crippen LogP contribution in [0.5, 0.6) is 11.5 Å². The van der Waals surface area contributed by atoms with E-state index in [1.54, 1.807) is 13.0 Å². The number of ether oxygens (including phenoxy) is 1. The Balaban J connectivity index is 1.99. The lowest BCUT2D eigenvalue weighted by Gasteiger charge is -2.13. The van der Waals surface area contributed by atoms with Crippen LogP contribution in [0.2, 0.25) is 0 Å². The zero-order valence-electron chi connectivity index (χ0n) is 12.8. The number of rotatable bonds is 4. The second-order valence-corrected chi connectivity index (χ2v) is 5.48. The summed E-state index contributed by atoms with van der Waals surface area (Å²) in [4.78, 5) is 3.87. The Morgan fingerprint density at radius 2 is 1.92 bits per heavy atom. The fourth-order valence-corrected chi connectivity index (χ4v) is 2.43. The van der Waals surface area contributed by atoms with Crippen LogP contribution >= 0.6 is 0 Å². The molecule has 1 heterocycles. The molecule has 1 unspecified atom stereocenters. The van der Waals surface area contributed by atoms with Crippen molar-refractivity contribution in [2.24, 2.45) is 0 Å². The van der Waals surface area contributed by atoms with E-state index < -0.39 is 23.6 Å². The lowest BCUT2D eigenvalue weighted by atomic mass is 10.1. The molecule has 0 spiro atoms. The highest BCUT2D eigenvalue weighted by atomic mass is 19.2. The number of nitrogens with zero attached hydrogens (tertiary/aromatic N) is 1. The first-order valence-electron chi connectivity index (χ1n) is 7.33. The minimum atomic E-state index is -1.03. The van der Waals surface area contributed by atoms with Gasteiger partial charge in [-0.05, 0) is 37.3 Å². The third kappa shape index (κ3) is 3.19. The van der Waals surface area contributed by atoms with E-state index in [-0.39, 0.29) is 29.0 Å². The largest absolute Gasteiger partial charge is 0.455 e. The van der Waals surface area contributed by atoms with Gasteiger partial charge in [-0.3, -0.25) is 0 Å². The van der Waals surface area contributed by atoms with Crippen molar-refractivity contribution in [3.05, 3.63) is 65.6 Å².